The van der Waals surface area contributed by atoms with Crippen LogP contribution in [-0.2, 0) is 4.79 Å². The van der Waals surface area contributed by atoms with E-state index in [2.05, 4.69) is 15.5 Å². The van der Waals surface area contributed by atoms with Crippen LogP contribution in [-0.4, -0.2) is 50.1 Å². The number of rotatable bonds is 6. The largest absolute Gasteiger partial charge is 0.355 e. The molecule has 17 heavy (non-hydrogen) atoms. The molecule has 1 atom stereocenters. The first-order valence-electron chi connectivity index (χ1n) is 6.92. The first kappa shape index (κ1) is 12.8. The number of amides is 1. The SMILES string of the molecule is CN(CC(=O)NCC1CC1)CC1CCCCN1. The molecule has 1 saturated carbocycles. The molecule has 1 aliphatic heterocycles. The highest BCUT2D eigenvalue weighted by atomic mass is 16.2. The van der Waals surface area contributed by atoms with Gasteiger partial charge in [-0.15, -0.1) is 0 Å². The highest BCUT2D eigenvalue weighted by Crippen LogP contribution is 2.27. The molecule has 4 heteroatoms. The molecule has 0 aromatic carbocycles. The predicted octanol–water partition coefficient (Wildman–Crippen LogP) is 0.587. The molecule has 0 radical (unpaired) electrons. The lowest BCUT2D eigenvalue weighted by molar-refractivity contribution is -0.122. The molecule has 1 aliphatic carbocycles. The van der Waals surface area contributed by atoms with Crippen LogP contribution in [0.15, 0.2) is 0 Å². The quantitative estimate of drug-likeness (QED) is 0.713. The fourth-order valence-corrected chi connectivity index (χ4v) is 2.40. The minimum absolute atomic E-state index is 0.176. The molecule has 2 rings (SSSR count). The van der Waals surface area contributed by atoms with Crippen molar-refractivity contribution >= 4 is 5.91 Å². The van der Waals surface area contributed by atoms with Crippen LogP contribution in [0.3, 0.4) is 0 Å². The molecule has 2 fully saturated rings. The third kappa shape index (κ3) is 5.04. The van der Waals surface area contributed by atoms with E-state index in [4.69, 9.17) is 0 Å². The van der Waals surface area contributed by atoms with Gasteiger partial charge < -0.3 is 10.6 Å². The van der Waals surface area contributed by atoms with Crippen LogP contribution in [0.5, 0.6) is 0 Å². The van der Waals surface area contributed by atoms with E-state index < -0.39 is 0 Å². The van der Waals surface area contributed by atoms with Gasteiger partial charge in [0.05, 0.1) is 6.54 Å². The van der Waals surface area contributed by atoms with Crippen LogP contribution in [0.2, 0.25) is 0 Å². The van der Waals surface area contributed by atoms with Gasteiger partial charge in [-0.2, -0.15) is 0 Å². The summed E-state index contributed by atoms with van der Waals surface area (Å²) in [5, 5.41) is 6.52. The third-order valence-electron chi connectivity index (χ3n) is 3.64. The van der Waals surface area contributed by atoms with E-state index in [1.54, 1.807) is 0 Å². The first-order valence-corrected chi connectivity index (χ1v) is 6.92. The Labute approximate surface area is 104 Å². The summed E-state index contributed by atoms with van der Waals surface area (Å²) in [5.41, 5.74) is 0. The summed E-state index contributed by atoms with van der Waals surface area (Å²) in [6.07, 6.45) is 6.44. The minimum atomic E-state index is 0.176. The van der Waals surface area contributed by atoms with Gasteiger partial charge in [0.2, 0.25) is 5.91 Å². The molecule has 0 bridgehead atoms. The molecule has 1 unspecified atom stereocenters. The number of nitrogens with zero attached hydrogens (tertiary/aromatic N) is 1. The monoisotopic (exact) mass is 239 g/mol. The lowest BCUT2D eigenvalue weighted by Gasteiger charge is -2.27. The van der Waals surface area contributed by atoms with Crippen molar-refractivity contribution in [3.8, 4) is 0 Å². The molecule has 98 valence electrons. The number of piperidine rings is 1. The average Bonchev–Trinajstić information content (AvgIpc) is 3.11. The van der Waals surface area contributed by atoms with Gasteiger partial charge >= 0.3 is 0 Å². The van der Waals surface area contributed by atoms with Crippen molar-refractivity contribution in [2.75, 3.05) is 33.2 Å². The number of hydrogen-bond acceptors (Lipinski definition) is 3. The van der Waals surface area contributed by atoms with Crippen molar-refractivity contribution in [3.05, 3.63) is 0 Å². The fourth-order valence-electron chi connectivity index (χ4n) is 2.40. The molecule has 1 heterocycles. The number of carbonyl (C=O) groups is 1. The zero-order valence-electron chi connectivity index (χ0n) is 10.9. The number of nitrogens with one attached hydrogen (secondary N) is 2. The number of likely N-dealkylation sites (N-methyl/N-ethyl adjacent to an activating group) is 1. The number of carbonyl (C=O) groups excluding carboxylic acids is 1. The molecule has 0 aromatic heterocycles. The Kier molecular flexibility index (Phi) is 4.80. The number of hydrogen-bond donors (Lipinski definition) is 2. The zero-order valence-corrected chi connectivity index (χ0v) is 10.9. The normalized spacial score (nSPS) is 24.9. The van der Waals surface area contributed by atoms with Crippen molar-refractivity contribution in [2.24, 2.45) is 5.92 Å². The molecular weight excluding hydrogens is 214 g/mol. The summed E-state index contributed by atoms with van der Waals surface area (Å²) in [7, 11) is 2.03. The Balaban J connectivity index is 1.57. The van der Waals surface area contributed by atoms with Gasteiger partial charge in [-0.1, -0.05) is 6.42 Å². The second-order valence-electron chi connectivity index (χ2n) is 5.59. The fraction of sp³-hybridized carbons (Fsp3) is 0.923. The van der Waals surface area contributed by atoms with Crippen LogP contribution in [0.4, 0.5) is 0 Å². The van der Waals surface area contributed by atoms with E-state index in [0.29, 0.717) is 12.6 Å². The standard InChI is InChI=1S/C13H25N3O/c1-16(9-12-4-2-3-7-14-12)10-13(17)15-8-11-5-6-11/h11-12,14H,2-10H2,1H3,(H,15,17). The van der Waals surface area contributed by atoms with E-state index in [1.165, 1.54) is 32.1 Å². The highest BCUT2D eigenvalue weighted by Gasteiger charge is 2.22. The van der Waals surface area contributed by atoms with Crippen molar-refractivity contribution in [1.29, 1.82) is 0 Å². The molecule has 1 saturated heterocycles. The summed E-state index contributed by atoms with van der Waals surface area (Å²) in [6, 6.07) is 0.574. The Morgan fingerprint density at radius 2 is 2.18 bits per heavy atom. The summed E-state index contributed by atoms with van der Waals surface area (Å²) in [6.45, 7) is 3.53. The van der Waals surface area contributed by atoms with E-state index >= 15 is 0 Å². The maximum atomic E-state index is 11.7. The van der Waals surface area contributed by atoms with Crippen LogP contribution in [0, 0.1) is 5.92 Å². The molecule has 1 amide bonds. The highest BCUT2D eigenvalue weighted by molar-refractivity contribution is 5.77. The summed E-state index contributed by atoms with van der Waals surface area (Å²) in [5.74, 6) is 0.944. The Morgan fingerprint density at radius 1 is 1.35 bits per heavy atom. The van der Waals surface area contributed by atoms with Crippen molar-refractivity contribution in [2.45, 2.75) is 38.1 Å². The van der Waals surface area contributed by atoms with Crippen molar-refractivity contribution < 1.29 is 4.79 Å². The molecular formula is C13H25N3O. The van der Waals surface area contributed by atoms with Crippen LogP contribution in [0.1, 0.15) is 32.1 Å². The second-order valence-corrected chi connectivity index (χ2v) is 5.59. The summed E-state index contributed by atoms with van der Waals surface area (Å²) < 4.78 is 0. The smallest absolute Gasteiger partial charge is 0.234 e. The van der Waals surface area contributed by atoms with Gasteiger partial charge in [-0.05, 0) is 45.2 Å². The molecule has 2 aliphatic rings. The van der Waals surface area contributed by atoms with Gasteiger partial charge in [0, 0.05) is 19.1 Å². The van der Waals surface area contributed by atoms with E-state index in [1.807, 2.05) is 7.05 Å². The van der Waals surface area contributed by atoms with E-state index in [9.17, 15) is 4.79 Å². The Hall–Kier alpha value is -0.610. The second kappa shape index (κ2) is 6.36. The van der Waals surface area contributed by atoms with Crippen LogP contribution < -0.4 is 10.6 Å². The molecule has 2 N–H and O–H groups in total. The average molecular weight is 239 g/mol. The van der Waals surface area contributed by atoms with Crippen molar-refractivity contribution in [3.63, 3.8) is 0 Å². The van der Waals surface area contributed by atoms with Gasteiger partial charge in [0.1, 0.15) is 0 Å². The first-order chi connectivity index (χ1) is 8.24. The zero-order chi connectivity index (χ0) is 12.1. The summed E-state index contributed by atoms with van der Waals surface area (Å²) >= 11 is 0. The van der Waals surface area contributed by atoms with E-state index in [-0.39, 0.29) is 5.91 Å². The van der Waals surface area contributed by atoms with Crippen molar-refractivity contribution in [1.82, 2.24) is 15.5 Å². The molecule has 0 aromatic rings. The minimum Gasteiger partial charge on any atom is -0.355 e. The van der Waals surface area contributed by atoms with Gasteiger partial charge in [-0.3, -0.25) is 9.69 Å². The van der Waals surface area contributed by atoms with Gasteiger partial charge in [-0.25, -0.2) is 0 Å². The lowest BCUT2D eigenvalue weighted by Crippen LogP contribution is -2.45. The molecule has 4 nitrogen and oxygen atoms in total. The predicted molar refractivity (Wildman–Crippen MR) is 68.9 cm³/mol. The summed E-state index contributed by atoms with van der Waals surface area (Å²) in [4.78, 5) is 13.8. The topological polar surface area (TPSA) is 44.4 Å². The van der Waals surface area contributed by atoms with Crippen LogP contribution in [0.25, 0.3) is 0 Å². The molecule has 0 spiro atoms. The maximum Gasteiger partial charge on any atom is 0.234 e. The van der Waals surface area contributed by atoms with Crippen LogP contribution >= 0.6 is 0 Å². The third-order valence-corrected chi connectivity index (χ3v) is 3.64. The van der Waals surface area contributed by atoms with Gasteiger partial charge in [0.25, 0.3) is 0 Å². The maximum absolute atomic E-state index is 11.7. The Bertz CT molecular complexity index is 247. The van der Waals surface area contributed by atoms with E-state index in [0.717, 1.165) is 25.6 Å². The van der Waals surface area contributed by atoms with Gasteiger partial charge in [0.15, 0.2) is 0 Å². The Morgan fingerprint density at radius 3 is 2.82 bits per heavy atom. The lowest BCUT2D eigenvalue weighted by atomic mass is 10.0.